The first-order valence-corrected chi connectivity index (χ1v) is 23.2. The number of ether oxygens (including phenoxy) is 1. The van der Waals surface area contributed by atoms with Gasteiger partial charge in [0.2, 0.25) is 5.91 Å². The molecule has 64 heavy (non-hydrogen) atoms. The van der Waals surface area contributed by atoms with Crippen LogP contribution >= 0.6 is 0 Å². The molecular formula is C53H71N5O6. The topological polar surface area (TPSA) is 118 Å². The van der Waals surface area contributed by atoms with Crippen LogP contribution in [0.2, 0.25) is 0 Å². The van der Waals surface area contributed by atoms with Crippen LogP contribution in [0.4, 0.5) is 5.69 Å². The minimum atomic E-state index is -0.921. The summed E-state index contributed by atoms with van der Waals surface area (Å²) in [4.78, 5) is 42.3. The Bertz CT molecular complexity index is 2200. The Morgan fingerprint density at radius 2 is 1.61 bits per heavy atom. The molecule has 9 atom stereocenters. The second-order valence-electron chi connectivity index (χ2n) is 19.6. The predicted octanol–water partition coefficient (Wildman–Crippen LogP) is 7.29. The van der Waals surface area contributed by atoms with Crippen molar-refractivity contribution < 1.29 is 29.4 Å². The van der Waals surface area contributed by atoms with Crippen molar-refractivity contribution in [1.82, 2.24) is 20.2 Å². The number of piperazine rings is 1. The number of nitrogens with one attached hydrogen (secondary N) is 1. The van der Waals surface area contributed by atoms with Gasteiger partial charge in [0.05, 0.1) is 26.4 Å². The Hall–Kier alpha value is -4.78. The molecular weight excluding hydrogens is 803 g/mol. The summed E-state index contributed by atoms with van der Waals surface area (Å²) in [6.45, 7) is 15.8. The van der Waals surface area contributed by atoms with Crippen LogP contribution < -0.4 is 15.0 Å². The van der Waals surface area contributed by atoms with Crippen molar-refractivity contribution in [3.8, 4) is 16.9 Å². The van der Waals surface area contributed by atoms with E-state index in [1.165, 1.54) is 11.1 Å². The highest BCUT2D eigenvalue weighted by molar-refractivity contribution is 5.97. The zero-order valence-corrected chi connectivity index (χ0v) is 39.4. The maximum absolute atomic E-state index is 14.9. The quantitative estimate of drug-likeness (QED) is 0.120. The second kappa shape index (κ2) is 20.2. The molecule has 11 nitrogen and oxygen atoms in total. The van der Waals surface area contributed by atoms with E-state index in [-0.39, 0.29) is 48.4 Å². The third-order valence-electron chi connectivity index (χ3n) is 15.2. The van der Waals surface area contributed by atoms with Gasteiger partial charge in [0.15, 0.2) is 0 Å². The van der Waals surface area contributed by atoms with Crippen LogP contribution in [0.15, 0.2) is 97.1 Å². The molecule has 0 aromatic heterocycles. The molecule has 4 aromatic rings. The fourth-order valence-corrected chi connectivity index (χ4v) is 10.6. The van der Waals surface area contributed by atoms with E-state index >= 15 is 0 Å². The molecule has 344 valence electrons. The van der Waals surface area contributed by atoms with E-state index in [0.717, 1.165) is 54.9 Å². The SMILES string of the molecule is COc1c(CN2O[C@@H](CO)[C@@H]([C@H](C)O)[C@H]2C(=O)N[C@H]2C[C@@H](C)C(C)(C)[C@@H](C)[C@@H]2C)cccc1-c1cc(C(=O)N2CCN(Cc3ccccc3)C[C@@H]2Cc2ccccc2)cc(N(C)C)c1. The molecule has 3 N–H and O–H groups in total. The minimum Gasteiger partial charge on any atom is -0.496 e. The molecule has 0 radical (unpaired) electrons. The zero-order valence-electron chi connectivity index (χ0n) is 39.4. The van der Waals surface area contributed by atoms with Crippen LogP contribution in [0, 0.1) is 29.1 Å². The lowest BCUT2D eigenvalue weighted by molar-refractivity contribution is -0.182. The Morgan fingerprint density at radius 3 is 2.25 bits per heavy atom. The monoisotopic (exact) mass is 874 g/mol. The molecule has 11 heteroatoms. The largest absolute Gasteiger partial charge is 0.496 e. The summed E-state index contributed by atoms with van der Waals surface area (Å²) >= 11 is 0. The first-order valence-electron chi connectivity index (χ1n) is 23.2. The summed E-state index contributed by atoms with van der Waals surface area (Å²) < 4.78 is 6.21. The smallest absolute Gasteiger partial charge is 0.254 e. The summed E-state index contributed by atoms with van der Waals surface area (Å²) in [5.41, 5.74) is 6.43. The number of nitrogens with zero attached hydrogens (tertiary/aromatic N) is 4. The van der Waals surface area contributed by atoms with Crippen molar-refractivity contribution in [1.29, 1.82) is 0 Å². The molecule has 0 unspecified atom stereocenters. The lowest BCUT2D eigenvalue weighted by Crippen LogP contribution is -2.56. The van der Waals surface area contributed by atoms with Crippen LogP contribution in [0.1, 0.15) is 75.0 Å². The van der Waals surface area contributed by atoms with Crippen LogP contribution in [-0.4, -0.2) is 115 Å². The van der Waals surface area contributed by atoms with E-state index in [9.17, 15) is 19.8 Å². The number of hydrogen-bond acceptors (Lipinski definition) is 9. The van der Waals surface area contributed by atoms with E-state index < -0.39 is 24.2 Å². The number of hydroxylamine groups is 2. The normalized spacial score (nSPS) is 26.6. The lowest BCUT2D eigenvalue weighted by atomic mass is 9.58. The molecule has 2 heterocycles. The van der Waals surface area contributed by atoms with Crippen molar-refractivity contribution in [2.75, 3.05) is 52.3 Å². The number of methoxy groups -OCH3 is 1. The highest BCUT2D eigenvalue weighted by Gasteiger charge is 2.51. The van der Waals surface area contributed by atoms with Crippen molar-refractivity contribution in [3.05, 3.63) is 119 Å². The summed E-state index contributed by atoms with van der Waals surface area (Å²) in [7, 11) is 5.58. The molecule has 0 bridgehead atoms. The van der Waals surface area contributed by atoms with E-state index in [2.05, 4.69) is 104 Å². The number of carbonyl (C=O) groups is 2. The first kappa shape index (κ1) is 47.2. The Labute approximate surface area is 381 Å². The predicted molar refractivity (Wildman–Crippen MR) is 254 cm³/mol. The third kappa shape index (κ3) is 10.0. The van der Waals surface area contributed by atoms with Gasteiger partial charge in [-0.2, -0.15) is 5.06 Å². The van der Waals surface area contributed by atoms with Gasteiger partial charge in [-0.05, 0) is 77.8 Å². The number of amides is 2. The summed E-state index contributed by atoms with van der Waals surface area (Å²) in [5, 5.41) is 26.6. The summed E-state index contributed by atoms with van der Waals surface area (Å²) in [6.07, 6.45) is -0.0999. The van der Waals surface area contributed by atoms with Gasteiger partial charge in [-0.1, -0.05) is 113 Å². The molecule has 4 aromatic carbocycles. The van der Waals surface area contributed by atoms with Crippen LogP contribution in [-0.2, 0) is 29.1 Å². The maximum atomic E-state index is 14.9. The van der Waals surface area contributed by atoms with Gasteiger partial charge in [0.1, 0.15) is 17.9 Å². The highest BCUT2D eigenvalue weighted by Crippen LogP contribution is 2.48. The maximum Gasteiger partial charge on any atom is 0.254 e. The van der Waals surface area contributed by atoms with Gasteiger partial charge in [0.25, 0.3) is 5.91 Å². The average molecular weight is 874 g/mol. The molecule has 2 aliphatic heterocycles. The Morgan fingerprint density at radius 1 is 0.922 bits per heavy atom. The Kier molecular flexibility index (Phi) is 14.9. The number of aliphatic hydroxyl groups is 2. The lowest BCUT2D eigenvalue weighted by Gasteiger charge is -2.50. The average Bonchev–Trinajstić information content (AvgIpc) is 3.66. The number of rotatable bonds is 14. The zero-order chi connectivity index (χ0) is 45.9. The summed E-state index contributed by atoms with van der Waals surface area (Å²) in [5.74, 6) is 0.713. The van der Waals surface area contributed by atoms with Crippen molar-refractivity contribution in [2.24, 2.45) is 29.1 Å². The van der Waals surface area contributed by atoms with Crippen LogP contribution in [0.25, 0.3) is 11.1 Å². The van der Waals surface area contributed by atoms with Crippen molar-refractivity contribution >= 4 is 17.5 Å². The third-order valence-corrected chi connectivity index (χ3v) is 15.2. The molecule has 0 spiro atoms. The fourth-order valence-electron chi connectivity index (χ4n) is 10.6. The Balaban J connectivity index is 1.18. The second-order valence-corrected chi connectivity index (χ2v) is 19.6. The number of hydrogen-bond donors (Lipinski definition) is 3. The van der Waals surface area contributed by atoms with Gasteiger partial charge in [-0.15, -0.1) is 0 Å². The fraction of sp³-hybridized carbons (Fsp3) is 0.509. The van der Waals surface area contributed by atoms with E-state index in [1.54, 1.807) is 19.1 Å². The first-order chi connectivity index (χ1) is 30.6. The molecule has 1 aliphatic carbocycles. The minimum absolute atomic E-state index is 0.0152. The van der Waals surface area contributed by atoms with Crippen LogP contribution in [0.3, 0.4) is 0 Å². The van der Waals surface area contributed by atoms with E-state index in [1.807, 2.05) is 61.5 Å². The van der Waals surface area contributed by atoms with Gasteiger partial charge in [-0.25, -0.2) is 0 Å². The summed E-state index contributed by atoms with van der Waals surface area (Å²) in [6, 6.07) is 31.9. The van der Waals surface area contributed by atoms with E-state index in [4.69, 9.17) is 9.57 Å². The van der Waals surface area contributed by atoms with E-state index in [0.29, 0.717) is 29.7 Å². The number of aliphatic hydroxyl groups excluding tert-OH is 2. The highest BCUT2D eigenvalue weighted by atomic mass is 16.7. The number of benzene rings is 4. The van der Waals surface area contributed by atoms with Gasteiger partial charge in [-0.3, -0.25) is 19.3 Å². The van der Waals surface area contributed by atoms with Gasteiger partial charge in [0, 0.05) is 80.7 Å². The number of para-hydroxylation sites is 1. The molecule has 3 aliphatic rings. The molecule has 3 fully saturated rings. The number of anilines is 1. The molecule has 2 amide bonds. The molecule has 7 rings (SSSR count). The molecule has 2 saturated heterocycles. The standard InChI is InChI=1S/C53H71N5O6/c1-34-25-46(35(2)36(3)53(34,5)6)54-51(61)49-48(37(4)60)47(33-59)64-58(49)31-40-21-16-22-45(50(40)63-9)41-27-42(29-43(28-41)55(7)8)52(62)57-24-23-56(30-39-19-14-11-15-20-39)32-44(57)26-38-17-12-10-13-18-38/h10-22,27-29,34-37,44,46-49,59-60H,23-26,30-33H2,1-9H3,(H,54,61)/t34-,35+,36+,37+,44+,46+,47+,48-,49+/m1/s1. The van der Waals surface area contributed by atoms with Gasteiger partial charge >= 0.3 is 0 Å². The van der Waals surface area contributed by atoms with Crippen molar-refractivity contribution in [3.63, 3.8) is 0 Å². The van der Waals surface area contributed by atoms with Gasteiger partial charge < -0.3 is 30.1 Å². The van der Waals surface area contributed by atoms with Crippen LogP contribution in [0.5, 0.6) is 5.75 Å². The molecule has 1 saturated carbocycles. The van der Waals surface area contributed by atoms with Crippen molar-refractivity contribution in [2.45, 2.75) is 97.8 Å². The number of carbonyl (C=O) groups excluding carboxylic acids is 2.